The zero-order valence-electron chi connectivity index (χ0n) is 9.23. The van der Waals surface area contributed by atoms with Crippen molar-refractivity contribution in [2.45, 2.75) is 0 Å². The maximum atomic E-state index is 13.3. The van der Waals surface area contributed by atoms with Crippen LogP contribution in [-0.4, -0.2) is 9.97 Å². The lowest BCUT2D eigenvalue weighted by atomic mass is 10.3. The Labute approximate surface area is 121 Å². The molecule has 0 bridgehead atoms. The van der Waals surface area contributed by atoms with Gasteiger partial charge in [0.15, 0.2) is 0 Å². The second-order valence-electron chi connectivity index (χ2n) is 3.62. The maximum absolute atomic E-state index is 13.3. The first-order valence-corrected chi connectivity index (χ1v) is 6.81. The zero-order chi connectivity index (χ0) is 13.4. The number of fused-ring (bicyclic) bond motifs is 1. The van der Waals surface area contributed by atoms with Gasteiger partial charge in [0.2, 0.25) is 11.2 Å². The minimum Gasteiger partial charge on any atom is -0.438 e. The van der Waals surface area contributed by atoms with Crippen LogP contribution < -0.4 is 4.74 Å². The normalized spacial score (nSPS) is 10.9. The summed E-state index contributed by atoms with van der Waals surface area (Å²) in [5, 5.41) is 2.70. The lowest BCUT2D eigenvalue weighted by Gasteiger charge is -2.06. The van der Waals surface area contributed by atoms with Gasteiger partial charge in [-0.15, -0.1) is 11.3 Å². The molecule has 3 nitrogen and oxygen atoms in total. The van der Waals surface area contributed by atoms with Crippen LogP contribution in [0, 0.1) is 5.82 Å². The van der Waals surface area contributed by atoms with Gasteiger partial charge in [0.05, 0.1) is 10.4 Å². The van der Waals surface area contributed by atoms with Crippen LogP contribution in [0.5, 0.6) is 11.6 Å². The Balaban J connectivity index is 2.04. The Morgan fingerprint density at radius 1 is 1.16 bits per heavy atom. The van der Waals surface area contributed by atoms with Crippen molar-refractivity contribution in [1.29, 1.82) is 0 Å². The van der Waals surface area contributed by atoms with Gasteiger partial charge in [-0.2, -0.15) is 4.98 Å². The monoisotopic (exact) mass is 314 g/mol. The molecule has 0 aliphatic carbocycles. The first-order valence-electron chi connectivity index (χ1n) is 5.17. The standard InChI is InChI=1S/C12H5Cl2FN2OS/c13-8-2-1-6(5-9(8)15)18-10-7-3-4-19-11(7)17-12(14)16-10/h1-5H. The minimum atomic E-state index is -0.555. The van der Waals surface area contributed by atoms with Crippen molar-refractivity contribution in [3.8, 4) is 11.6 Å². The molecule has 1 aromatic carbocycles. The molecule has 7 heteroatoms. The second kappa shape index (κ2) is 4.92. The van der Waals surface area contributed by atoms with E-state index in [2.05, 4.69) is 9.97 Å². The topological polar surface area (TPSA) is 35.0 Å². The fourth-order valence-corrected chi connectivity index (χ4v) is 2.62. The molecule has 96 valence electrons. The van der Waals surface area contributed by atoms with Gasteiger partial charge >= 0.3 is 0 Å². The quantitative estimate of drug-likeness (QED) is 0.629. The summed E-state index contributed by atoms with van der Waals surface area (Å²) in [6.45, 7) is 0. The van der Waals surface area contributed by atoms with Crippen molar-refractivity contribution in [3.63, 3.8) is 0 Å². The lowest BCUT2D eigenvalue weighted by molar-refractivity contribution is 0.463. The Morgan fingerprint density at radius 3 is 2.79 bits per heavy atom. The van der Waals surface area contributed by atoms with Crippen LogP contribution >= 0.6 is 34.5 Å². The number of nitrogens with zero attached hydrogens (tertiary/aromatic N) is 2. The van der Waals surface area contributed by atoms with Crippen LogP contribution in [0.3, 0.4) is 0 Å². The van der Waals surface area contributed by atoms with Gasteiger partial charge < -0.3 is 4.74 Å². The van der Waals surface area contributed by atoms with Gasteiger partial charge in [-0.3, -0.25) is 0 Å². The number of benzene rings is 1. The molecule has 0 spiro atoms. The molecule has 0 N–H and O–H groups in total. The zero-order valence-corrected chi connectivity index (χ0v) is 11.6. The number of thiophene rings is 1. The summed E-state index contributed by atoms with van der Waals surface area (Å²) in [6, 6.07) is 5.98. The molecular formula is C12H5Cl2FN2OS. The van der Waals surface area contributed by atoms with Crippen LogP contribution in [0.1, 0.15) is 0 Å². The van der Waals surface area contributed by atoms with Gasteiger partial charge in [-0.25, -0.2) is 9.37 Å². The average molecular weight is 315 g/mol. The Morgan fingerprint density at radius 2 is 2.00 bits per heavy atom. The molecule has 2 heterocycles. The molecule has 3 rings (SSSR count). The van der Waals surface area contributed by atoms with E-state index >= 15 is 0 Å². The summed E-state index contributed by atoms with van der Waals surface area (Å²) < 4.78 is 18.9. The van der Waals surface area contributed by atoms with Crippen molar-refractivity contribution in [3.05, 3.63) is 45.8 Å². The number of hydrogen-bond donors (Lipinski definition) is 0. The molecule has 19 heavy (non-hydrogen) atoms. The first kappa shape index (κ1) is 12.6. The predicted octanol–water partition coefficient (Wildman–Crippen LogP) is 4.93. The largest absolute Gasteiger partial charge is 0.438 e. The second-order valence-corrected chi connectivity index (χ2v) is 5.26. The van der Waals surface area contributed by atoms with Crippen LogP contribution in [0.4, 0.5) is 4.39 Å². The van der Waals surface area contributed by atoms with E-state index in [1.54, 1.807) is 6.07 Å². The van der Waals surface area contributed by atoms with E-state index in [1.165, 1.54) is 23.5 Å². The third-order valence-corrected chi connectivity index (χ3v) is 3.65. The first-order chi connectivity index (χ1) is 9.13. The molecule has 0 aliphatic rings. The average Bonchev–Trinajstić information content (AvgIpc) is 2.82. The van der Waals surface area contributed by atoms with E-state index in [0.29, 0.717) is 10.6 Å². The number of halogens is 3. The van der Waals surface area contributed by atoms with E-state index in [4.69, 9.17) is 27.9 Å². The molecular weight excluding hydrogens is 310 g/mol. The van der Waals surface area contributed by atoms with Gasteiger partial charge in [-0.05, 0) is 35.2 Å². The summed E-state index contributed by atoms with van der Waals surface area (Å²) in [5.74, 6) is 0.0306. The number of hydrogen-bond acceptors (Lipinski definition) is 4. The van der Waals surface area contributed by atoms with Crippen LogP contribution in [0.25, 0.3) is 10.2 Å². The maximum Gasteiger partial charge on any atom is 0.232 e. The molecule has 0 unspecified atom stereocenters. The molecule has 0 fully saturated rings. The Kier molecular flexibility index (Phi) is 3.26. The van der Waals surface area contributed by atoms with Gasteiger partial charge in [-0.1, -0.05) is 11.6 Å². The summed E-state index contributed by atoms with van der Waals surface area (Å²) in [5.41, 5.74) is 0. The summed E-state index contributed by atoms with van der Waals surface area (Å²) in [7, 11) is 0. The van der Waals surface area contributed by atoms with Crippen LogP contribution in [-0.2, 0) is 0 Å². The molecule has 0 radical (unpaired) electrons. The molecule has 0 amide bonds. The minimum absolute atomic E-state index is 0.0359. The fourth-order valence-electron chi connectivity index (χ4n) is 1.53. The molecule has 2 aromatic heterocycles. The summed E-state index contributed by atoms with van der Waals surface area (Å²) in [6.07, 6.45) is 0. The molecule has 0 atom stereocenters. The van der Waals surface area contributed by atoms with Gasteiger partial charge in [0, 0.05) is 6.07 Å². The highest BCUT2D eigenvalue weighted by molar-refractivity contribution is 7.16. The van der Waals surface area contributed by atoms with Crippen LogP contribution in [0.2, 0.25) is 10.3 Å². The molecule has 0 aliphatic heterocycles. The molecule has 0 saturated carbocycles. The van der Waals surface area contributed by atoms with Crippen molar-refractivity contribution >= 4 is 44.8 Å². The van der Waals surface area contributed by atoms with Gasteiger partial charge in [0.1, 0.15) is 16.4 Å². The van der Waals surface area contributed by atoms with E-state index in [1.807, 2.05) is 11.4 Å². The smallest absolute Gasteiger partial charge is 0.232 e. The van der Waals surface area contributed by atoms with E-state index in [0.717, 1.165) is 5.39 Å². The van der Waals surface area contributed by atoms with E-state index in [9.17, 15) is 4.39 Å². The lowest BCUT2D eigenvalue weighted by Crippen LogP contribution is -1.91. The third-order valence-electron chi connectivity index (χ3n) is 2.37. The highest BCUT2D eigenvalue weighted by atomic mass is 35.5. The molecule has 0 saturated heterocycles. The van der Waals surface area contributed by atoms with Crippen molar-refractivity contribution in [2.75, 3.05) is 0 Å². The van der Waals surface area contributed by atoms with Crippen LogP contribution in [0.15, 0.2) is 29.6 Å². The molecule has 3 aromatic rings. The van der Waals surface area contributed by atoms with Crippen molar-refractivity contribution in [1.82, 2.24) is 9.97 Å². The highest BCUT2D eigenvalue weighted by Gasteiger charge is 2.11. The summed E-state index contributed by atoms with van der Waals surface area (Å²) >= 11 is 12.8. The van der Waals surface area contributed by atoms with E-state index in [-0.39, 0.29) is 16.2 Å². The SMILES string of the molecule is Fc1cc(Oc2nc(Cl)nc3sccc23)ccc1Cl. The predicted molar refractivity (Wildman–Crippen MR) is 73.9 cm³/mol. The number of rotatable bonds is 2. The van der Waals surface area contributed by atoms with Crippen molar-refractivity contribution in [2.24, 2.45) is 0 Å². The summed E-state index contributed by atoms with van der Waals surface area (Å²) in [4.78, 5) is 8.78. The number of aromatic nitrogens is 2. The Bertz CT molecular complexity index is 763. The van der Waals surface area contributed by atoms with Gasteiger partial charge in [0.25, 0.3) is 0 Å². The third kappa shape index (κ3) is 2.49. The fraction of sp³-hybridized carbons (Fsp3) is 0. The highest BCUT2D eigenvalue weighted by Crippen LogP contribution is 2.32. The van der Waals surface area contributed by atoms with Crippen molar-refractivity contribution < 1.29 is 9.13 Å². The van der Waals surface area contributed by atoms with E-state index < -0.39 is 5.82 Å². The number of ether oxygens (including phenoxy) is 1. The Hall–Kier alpha value is -1.43.